The van der Waals surface area contributed by atoms with Crippen molar-refractivity contribution in [1.82, 2.24) is 4.31 Å². The van der Waals surface area contributed by atoms with Crippen molar-refractivity contribution in [2.24, 2.45) is 0 Å². The molecule has 17 heavy (non-hydrogen) atoms. The van der Waals surface area contributed by atoms with Gasteiger partial charge < -0.3 is 4.74 Å². The van der Waals surface area contributed by atoms with Gasteiger partial charge in [-0.15, -0.1) is 0 Å². The van der Waals surface area contributed by atoms with Crippen LogP contribution in [0.15, 0.2) is 45.5 Å². The van der Waals surface area contributed by atoms with Crippen LogP contribution in [0.5, 0.6) is 0 Å². The lowest BCUT2D eigenvalue weighted by atomic mass is 10.4. The number of nitrogens with zero attached hydrogens (tertiary/aromatic N) is 1. The molecule has 0 saturated carbocycles. The van der Waals surface area contributed by atoms with Crippen molar-refractivity contribution in [2.75, 3.05) is 20.2 Å². The van der Waals surface area contributed by atoms with E-state index in [0.717, 1.165) is 0 Å². The fraction of sp³-hybridized carbons (Fsp3) is 0.273. The van der Waals surface area contributed by atoms with Crippen molar-refractivity contribution in [2.45, 2.75) is 4.90 Å². The zero-order valence-electron chi connectivity index (χ0n) is 9.26. The Balaban J connectivity index is 2.31. The van der Waals surface area contributed by atoms with Gasteiger partial charge in [0.25, 0.3) is 0 Å². The van der Waals surface area contributed by atoms with E-state index in [0.29, 0.717) is 23.3 Å². The predicted octanol–water partition coefficient (Wildman–Crippen LogP) is 1.98. The summed E-state index contributed by atoms with van der Waals surface area (Å²) in [6.45, 7) is 0.646. The summed E-state index contributed by atoms with van der Waals surface area (Å²) in [5.74, 6) is 0.681. The second-order valence-corrected chi connectivity index (χ2v) is 6.36. The molecule has 0 fully saturated rings. The number of sulfonamides is 1. The summed E-state index contributed by atoms with van der Waals surface area (Å²) < 4.78 is 31.6. The van der Waals surface area contributed by atoms with Crippen LogP contribution in [0.4, 0.5) is 0 Å². The molecule has 1 aromatic rings. The van der Waals surface area contributed by atoms with E-state index in [2.05, 4.69) is 15.9 Å². The number of hydrogen-bond acceptors (Lipinski definition) is 3. The smallest absolute Gasteiger partial charge is 0.244 e. The van der Waals surface area contributed by atoms with Gasteiger partial charge >= 0.3 is 0 Å². The third-order valence-corrected chi connectivity index (χ3v) is 5.40. The lowest BCUT2D eigenvalue weighted by Crippen LogP contribution is -2.29. The maximum Gasteiger partial charge on any atom is 0.244 e. The summed E-state index contributed by atoms with van der Waals surface area (Å²) in [4.78, 5) is 0.283. The summed E-state index contributed by atoms with van der Waals surface area (Å²) in [7, 11) is -1.92. The summed E-state index contributed by atoms with van der Waals surface area (Å²) in [5.41, 5.74) is 0. The molecular formula is C11H12BrNO3S. The molecule has 1 heterocycles. The van der Waals surface area contributed by atoms with E-state index in [1.807, 2.05) is 0 Å². The van der Waals surface area contributed by atoms with Gasteiger partial charge in [-0.3, -0.25) is 0 Å². The number of hydrogen-bond donors (Lipinski definition) is 0. The molecule has 0 bridgehead atoms. The van der Waals surface area contributed by atoms with Gasteiger partial charge in [0, 0.05) is 11.0 Å². The second kappa shape index (κ2) is 4.80. The first-order valence-electron chi connectivity index (χ1n) is 5.03. The molecule has 0 atom stereocenters. The van der Waals surface area contributed by atoms with Gasteiger partial charge in [0.2, 0.25) is 10.0 Å². The van der Waals surface area contributed by atoms with Gasteiger partial charge in [-0.1, -0.05) is 12.1 Å². The minimum atomic E-state index is -3.46. The summed E-state index contributed by atoms with van der Waals surface area (Å²) in [5, 5.41) is 0. The Hall–Kier alpha value is -0.850. The molecule has 0 spiro atoms. The molecule has 2 rings (SSSR count). The first kappa shape index (κ1) is 12.6. The Morgan fingerprint density at radius 2 is 2.06 bits per heavy atom. The minimum absolute atomic E-state index is 0.283. The van der Waals surface area contributed by atoms with Crippen LogP contribution in [-0.4, -0.2) is 32.9 Å². The van der Waals surface area contributed by atoms with E-state index in [4.69, 9.17) is 4.74 Å². The third-order valence-electron chi connectivity index (χ3n) is 2.57. The number of rotatable bonds is 3. The summed E-state index contributed by atoms with van der Waals surface area (Å²) in [6, 6.07) is 6.79. The van der Waals surface area contributed by atoms with Crippen molar-refractivity contribution in [3.05, 3.63) is 40.6 Å². The third kappa shape index (κ3) is 2.38. The highest BCUT2D eigenvalue weighted by Crippen LogP contribution is 2.26. The van der Waals surface area contributed by atoms with Crippen LogP contribution in [0.2, 0.25) is 0 Å². The van der Waals surface area contributed by atoms with Gasteiger partial charge in [-0.25, -0.2) is 8.42 Å². The van der Waals surface area contributed by atoms with Crippen molar-refractivity contribution in [3.8, 4) is 0 Å². The molecule has 0 saturated heterocycles. The van der Waals surface area contributed by atoms with Crippen LogP contribution in [0.25, 0.3) is 0 Å². The molecule has 4 nitrogen and oxygen atoms in total. The monoisotopic (exact) mass is 317 g/mol. The maximum absolute atomic E-state index is 12.3. The SMILES string of the molecule is COC1=CCN(S(=O)(=O)c2ccccc2Br)C1. The Morgan fingerprint density at radius 1 is 1.35 bits per heavy atom. The van der Waals surface area contributed by atoms with Crippen LogP contribution in [0.3, 0.4) is 0 Å². The number of methoxy groups -OCH3 is 1. The van der Waals surface area contributed by atoms with Gasteiger partial charge in [0.1, 0.15) is 5.76 Å². The van der Waals surface area contributed by atoms with Crippen LogP contribution >= 0.6 is 15.9 Å². The number of ether oxygens (including phenoxy) is 1. The molecule has 0 radical (unpaired) electrons. The average Bonchev–Trinajstić information content (AvgIpc) is 2.78. The molecule has 1 aromatic carbocycles. The van der Waals surface area contributed by atoms with Crippen LogP contribution in [0, 0.1) is 0 Å². The molecule has 0 aromatic heterocycles. The molecule has 1 aliphatic rings. The van der Waals surface area contributed by atoms with Crippen molar-refractivity contribution in [3.63, 3.8) is 0 Å². The predicted molar refractivity (Wildman–Crippen MR) is 68.0 cm³/mol. The van der Waals surface area contributed by atoms with Gasteiger partial charge in [-0.2, -0.15) is 4.31 Å². The lowest BCUT2D eigenvalue weighted by molar-refractivity contribution is 0.276. The van der Waals surface area contributed by atoms with E-state index in [9.17, 15) is 8.42 Å². The van der Waals surface area contributed by atoms with Gasteiger partial charge in [-0.05, 0) is 34.1 Å². The molecular weight excluding hydrogens is 306 g/mol. The molecule has 92 valence electrons. The fourth-order valence-electron chi connectivity index (χ4n) is 1.63. The highest BCUT2D eigenvalue weighted by Gasteiger charge is 2.29. The number of halogens is 1. The maximum atomic E-state index is 12.3. The largest absolute Gasteiger partial charge is 0.500 e. The molecule has 6 heteroatoms. The quantitative estimate of drug-likeness (QED) is 0.856. The Labute approximate surface area is 109 Å². The van der Waals surface area contributed by atoms with Crippen molar-refractivity contribution in [1.29, 1.82) is 0 Å². The van der Waals surface area contributed by atoms with E-state index in [1.54, 1.807) is 37.5 Å². The molecule has 0 amide bonds. The molecule has 0 unspecified atom stereocenters. The van der Waals surface area contributed by atoms with E-state index < -0.39 is 10.0 Å². The Kier molecular flexibility index (Phi) is 3.56. The first-order chi connectivity index (χ1) is 8.05. The zero-order valence-corrected chi connectivity index (χ0v) is 11.7. The van der Waals surface area contributed by atoms with E-state index in [-0.39, 0.29) is 4.90 Å². The zero-order chi connectivity index (χ0) is 12.5. The van der Waals surface area contributed by atoms with Crippen LogP contribution in [0.1, 0.15) is 0 Å². The van der Waals surface area contributed by atoms with Crippen molar-refractivity contribution < 1.29 is 13.2 Å². The van der Waals surface area contributed by atoms with Gasteiger partial charge in [0.15, 0.2) is 0 Å². The van der Waals surface area contributed by atoms with Crippen LogP contribution in [-0.2, 0) is 14.8 Å². The number of benzene rings is 1. The Morgan fingerprint density at radius 3 is 2.65 bits per heavy atom. The fourth-order valence-corrected chi connectivity index (χ4v) is 3.94. The molecule has 1 aliphatic heterocycles. The highest BCUT2D eigenvalue weighted by molar-refractivity contribution is 9.10. The van der Waals surface area contributed by atoms with E-state index >= 15 is 0 Å². The minimum Gasteiger partial charge on any atom is -0.500 e. The van der Waals surface area contributed by atoms with Gasteiger partial charge in [0.05, 0.1) is 18.6 Å². The summed E-state index contributed by atoms with van der Waals surface area (Å²) >= 11 is 3.26. The average molecular weight is 318 g/mol. The second-order valence-electron chi connectivity index (χ2n) is 3.60. The summed E-state index contributed by atoms with van der Waals surface area (Å²) in [6.07, 6.45) is 1.77. The lowest BCUT2D eigenvalue weighted by Gasteiger charge is -2.16. The van der Waals surface area contributed by atoms with Crippen molar-refractivity contribution >= 4 is 26.0 Å². The normalized spacial score (nSPS) is 16.9. The molecule has 0 aliphatic carbocycles. The van der Waals surface area contributed by atoms with E-state index in [1.165, 1.54) is 4.31 Å². The topological polar surface area (TPSA) is 46.6 Å². The highest BCUT2D eigenvalue weighted by atomic mass is 79.9. The first-order valence-corrected chi connectivity index (χ1v) is 7.26. The Bertz CT molecular complexity index is 554. The standard InChI is InChI=1S/C11H12BrNO3S/c1-16-9-6-7-13(8-9)17(14,15)11-5-3-2-4-10(11)12/h2-6H,7-8H2,1H3. The molecule has 0 N–H and O–H groups in total. The van der Waals surface area contributed by atoms with Crippen LogP contribution < -0.4 is 0 Å².